The van der Waals surface area contributed by atoms with E-state index in [-0.39, 0.29) is 5.69 Å². The van der Waals surface area contributed by atoms with E-state index < -0.39 is 5.97 Å². The molecular formula is C17H11ClN4O2. The van der Waals surface area contributed by atoms with Crippen LogP contribution < -0.4 is 0 Å². The van der Waals surface area contributed by atoms with Gasteiger partial charge in [0.05, 0.1) is 23.2 Å². The summed E-state index contributed by atoms with van der Waals surface area (Å²) in [4.78, 5) is 22.5. The second kappa shape index (κ2) is 5.50. The average Bonchev–Trinajstić information content (AvgIpc) is 3.25. The second-order valence-corrected chi connectivity index (χ2v) is 5.70. The predicted octanol–water partition coefficient (Wildman–Crippen LogP) is 3.77. The molecule has 0 unspecified atom stereocenters. The van der Waals surface area contributed by atoms with Gasteiger partial charge in [-0.3, -0.25) is 0 Å². The topological polar surface area (TPSA) is 83.8 Å². The number of halogens is 1. The number of fused-ring (bicyclic) bond motifs is 1. The van der Waals surface area contributed by atoms with Gasteiger partial charge in [0.1, 0.15) is 5.69 Å². The number of hydrogen-bond acceptors (Lipinski definition) is 3. The molecule has 2 N–H and O–H groups in total. The summed E-state index contributed by atoms with van der Waals surface area (Å²) >= 11 is 6.10. The van der Waals surface area contributed by atoms with Crippen LogP contribution in [-0.2, 0) is 0 Å². The maximum atomic E-state index is 11.1. The minimum Gasteiger partial charge on any atom is -0.477 e. The number of imidazole rings is 1. The number of aromatic carboxylic acids is 1. The van der Waals surface area contributed by atoms with Crippen molar-refractivity contribution in [1.82, 2.24) is 19.5 Å². The highest BCUT2D eigenvalue weighted by Gasteiger charge is 2.13. The number of nitrogens with zero attached hydrogens (tertiary/aromatic N) is 3. The molecule has 7 heteroatoms. The first-order valence-electron chi connectivity index (χ1n) is 7.12. The third-order valence-corrected chi connectivity index (χ3v) is 3.98. The quantitative estimate of drug-likeness (QED) is 0.595. The Balaban J connectivity index is 1.97. The number of carbonyl (C=O) groups is 1. The lowest BCUT2D eigenvalue weighted by atomic mass is 10.1. The zero-order valence-electron chi connectivity index (χ0n) is 12.3. The maximum Gasteiger partial charge on any atom is 0.352 e. The van der Waals surface area contributed by atoms with Crippen LogP contribution in [0.25, 0.3) is 27.8 Å². The van der Waals surface area contributed by atoms with Gasteiger partial charge in [-0.25, -0.2) is 14.8 Å². The number of benzene rings is 1. The van der Waals surface area contributed by atoms with Gasteiger partial charge < -0.3 is 14.7 Å². The number of pyridine rings is 1. The van der Waals surface area contributed by atoms with Crippen molar-refractivity contribution in [2.45, 2.75) is 0 Å². The summed E-state index contributed by atoms with van der Waals surface area (Å²) in [5.74, 6) is -1.01. The van der Waals surface area contributed by atoms with Crippen LogP contribution in [0.3, 0.4) is 0 Å². The Hall–Kier alpha value is -3.12. The van der Waals surface area contributed by atoms with Gasteiger partial charge in [-0.1, -0.05) is 11.6 Å². The smallest absolute Gasteiger partial charge is 0.352 e. The number of aromatic amines is 1. The Bertz CT molecular complexity index is 1050. The van der Waals surface area contributed by atoms with Crippen LogP contribution in [0.15, 0.2) is 55.2 Å². The fourth-order valence-electron chi connectivity index (χ4n) is 2.61. The first kappa shape index (κ1) is 14.5. The van der Waals surface area contributed by atoms with Gasteiger partial charge in [0, 0.05) is 34.6 Å². The zero-order chi connectivity index (χ0) is 16.7. The molecule has 0 aliphatic heterocycles. The molecule has 0 saturated heterocycles. The van der Waals surface area contributed by atoms with Crippen molar-refractivity contribution >= 4 is 28.5 Å². The third-order valence-electron chi connectivity index (χ3n) is 3.74. The van der Waals surface area contributed by atoms with E-state index in [1.807, 2.05) is 29.0 Å². The normalized spacial score (nSPS) is 11.0. The predicted molar refractivity (Wildman–Crippen MR) is 90.6 cm³/mol. The van der Waals surface area contributed by atoms with E-state index >= 15 is 0 Å². The van der Waals surface area contributed by atoms with Gasteiger partial charge in [-0.15, -0.1) is 0 Å². The van der Waals surface area contributed by atoms with Gasteiger partial charge in [0.15, 0.2) is 0 Å². The summed E-state index contributed by atoms with van der Waals surface area (Å²) in [5.41, 5.74) is 3.07. The van der Waals surface area contributed by atoms with Crippen LogP contribution in [0.5, 0.6) is 0 Å². The van der Waals surface area contributed by atoms with Gasteiger partial charge in [0.2, 0.25) is 0 Å². The summed E-state index contributed by atoms with van der Waals surface area (Å²) in [5, 5.41) is 10.6. The molecule has 0 amide bonds. The largest absolute Gasteiger partial charge is 0.477 e. The Morgan fingerprint density at radius 3 is 2.83 bits per heavy atom. The van der Waals surface area contributed by atoms with Gasteiger partial charge >= 0.3 is 5.97 Å². The number of aromatic nitrogens is 4. The number of hydrogen-bond donors (Lipinski definition) is 2. The summed E-state index contributed by atoms with van der Waals surface area (Å²) < 4.78 is 1.88. The maximum absolute atomic E-state index is 11.1. The van der Waals surface area contributed by atoms with E-state index in [0.29, 0.717) is 16.3 Å². The average molecular weight is 339 g/mol. The molecule has 1 aromatic carbocycles. The van der Waals surface area contributed by atoms with E-state index in [9.17, 15) is 4.79 Å². The lowest BCUT2D eigenvalue weighted by Crippen LogP contribution is -1.96. The minimum absolute atomic E-state index is 0.113. The molecule has 4 aromatic rings. The number of rotatable bonds is 3. The fourth-order valence-corrected chi connectivity index (χ4v) is 2.78. The number of H-pyrrole nitrogens is 1. The Kier molecular flexibility index (Phi) is 3.32. The molecule has 4 rings (SSSR count). The Labute approximate surface area is 141 Å². The van der Waals surface area contributed by atoms with E-state index in [2.05, 4.69) is 15.0 Å². The molecule has 0 fully saturated rings. The van der Waals surface area contributed by atoms with Gasteiger partial charge in [0.25, 0.3) is 0 Å². The van der Waals surface area contributed by atoms with Gasteiger partial charge in [-0.2, -0.15) is 0 Å². The second-order valence-electron chi connectivity index (χ2n) is 5.27. The van der Waals surface area contributed by atoms with Crippen molar-refractivity contribution in [1.29, 1.82) is 0 Å². The van der Waals surface area contributed by atoms with Crippen LogP contribution >= 0.6 is 11.6 Å². The van der Waals surface area contributed by atoms with Crippen LogP contribution in [0.1, 0.15) is 10.5 Å². The molecule has 0 radical (unpaired) electrons. The molecular weight excluding hydrogens is 328 g/mol. The van der Waals surface area contributed by atoms with E-state index in [4.69, 9.17) is 16.7 Å². The monoisotopic (exact) mass is 338 g/mol. The lowest BCUT2D eigenvalue weighted by Gasteiger charge is -2.10. The molecule has 0 spiro atoms. The van der Waals surface area contributed by atoms with E-state index in [1.54, 1.807) is 30.9 Å². The Morgan fingerprint density at radius 2 is 2.12 bits per heavy atom. The molecule has 24 heavy (non-hydrogen) atoms. The molecule has 0 saturated carbocycles. The molecule has 3 aromatic heterocycles. The van der Waals surface area contributed by atoms with Crippen LogP contribution in [-0.4, -0.2) is 30.6 Å². The number of carboxylic acid groups (broad SMARTS) is 1. The summed E-state index contributed by atoms with van der Waals surface area (Å²) in [7, 11) is 0. The minimum atomic E-state index is -1.01. The molecule has 0 aliphatic carbocycles. The van der Waals surface area contributed by atoms with Crippen molar-refractivity contribution < 1.29 is 9.90 Å². The molecule has 0 bridgehead atoms. The van der Waals surface area contributed by atoms with Crippen LogP contribution in [0, 0.1) is 0 Å². The molecule has 118 valence electrons. The zero-order valence-corrected chi connectivity index (χ0v) is 13.0. The fraction of sp³-hybridized carbons (Fsp3) is 0. The Morgan fingerprint density at radius 1 is 1.25 bits per heavy atom. The molecule has 3 heterocycles. The number of nitrogens with one attached hydrogen (secondary N) is 1. The van der Waals surface area contributed by atoms with Crippen molar-refractivity contribution in [3.63, 3.8) is 0 Å². The molecule has 0 aliphatic rings. The first-order chi connectivity index (χ1) is 11.6. The SMILES string of the molecule is O=C(O)c1cc(-c2cc(-n3ccnc3)c3ccc(Cl)cc3n2)c[nH]1. The van der Waals surface area contributed by atoms with Crippen molar-refractivity contribution in [2.24, 2.45) is 0 Å². The lowest BCUT2D eigenvalue weighted by molar-refractivity contribution is 0.0691. The highest BCUT2D eigenvalue weighted by molar-refractivity contribution is 6.31. The van der Waals surface area contributed by atoms with Crippen LogP contribution in [0.4, 0.5) is 0 Å². The standard InChI is InChI=1S/C17H11ClN4O2/c18-11-1-2-12-14(6-11)21-13(7-16(12)22-4-3-19-9-22)10-5-15(17(23)24)20-8-10/h1-9,20H,(H,23,24). The van der Waals surface area contributed by atoms with Crippen molar-refractivity contribution in [2.75, 3.05) is 0 Å². The first-order valence-corrected chi connectivity index (χ1v) is 7.50. The van der Waals surface area contributed by atoms with E-state index in [0.717, 1.165) is 16.6 Å². The molecule has 6 nitrogen and oxygen atoms in total. The molecule has 0 atom stereocenters. The van der Waals surface area contributed by atoms with E-state index in [1.165, 1.54) is 0 Å². The van der Waals surface area contributed by atoms with Crippen LogP contribution in [0.2, 0.25) is 5.02 Å². The van der Waals surface area contributed by atoms with Crippen molar-refractivity contribution in [3.05, 3.63) is 66.0 Å². The van der Waals surface area contributed by atoms with Crippen molar-refractivity contribution in [3.8, 4) is 16.9 Å². The highest BCUT2D eigenvalue weighted by Crippen LogP contribution is 2.29. The summed E-state index contributed by atoms with van der Waals surface area (Å²) in [6.45, 7) is 0. The summed E-state index contributed by atoms with van der Waals surface area (Å²) in [6.07, 6.45) is 6.86. The highest BCUT2D eigenvalue weighted by atomic mass is 35.5. The third kappa shape index (κ3) is 2.43. The van der Waals surface area contributed by atoms with Gasteiger partial charge in [-0.05, 0) is 30.3 Å². The summed E-state index contributed by atoms with van der Waals surface area (Å²) in [6, 6.07) is 8.95. The number of carboxylic acids is 1.